The fraction of sp³-hybridized carbons (Fsp3) is 0.0909. The van der Waals surface area contributed by atoms with Gasteiger partial charge in [-0.05, 0) is 28.8 Å². The molecule has 0 aliphatic heterocycles. The monoisotopic (exact) mass is 378 g/mol. The van der Waals surface area contributed by atoms with Gasteiger partial charge in [-0.25, -0.2) is 0 Å². The van der Waals surface area contributed by atoms with Gasteiger partial charge in [0.15, 0.2) is 0 Å². The zero-order chi connectivity index (χ0) is 19.1. The number of nitrogens with one attached hydrogen (secondary N) is 2. The number of carbonyl (C=O) groups is 2. The van der Waals surface area contributed by atoms with Crippen LogP contribution in [0.3, 0.4) is 0 Å². The smallest absolute Gasteiger partial charge is 0.310 e. The fourth-order valence-corrected chi connectivity index (χ4v) is 2.84. The molecule has 4 nitrogen and oxygen atoms in total. The van der Waals surface area contributed by atoms with Gasteiger partial charge < -0.3 is 10.6 Å². The van der Waals surface area contributed by atoms with Gasteiger partial charge in [0, 0.05) is 11.6 Å². The molecule has 0 atom stereocenters. The van der Waals surface area contributed by atoms with Crippen molar-refractivity contribution in [3.8, 4) is 0 Å². The Bertz CT molecular complexity index is 857. The third-order valence-electron chi connectivity index (χ3n) is 4.11. The first-order valence-electron chi connectivity index (χ1n) is 8.56. The number of hydrogen-bond acceptors (Lipinski definition) is 2. The van der Waals surface area contributed by atoms with Crippen LogP contribution in [0.25, 0.3) is 0 Å². The van der Waals surface area contributed by atoms with Gasteiger partial charge in [-0.2, -0.15) is 0 Å². The Morgan fingerprint density at radius 3 is 1.78 bits per heavy atom. The molecular weight excluding hydrogens is 360 g/mol. The lowest BCUT2D eigenvalue weighted by molar-refractivity contribution is -0.139. The number of rotatable bonds is 5. The van der Waals surface area contributed by atoms with E-state index in [1.807, 2.05) is 60.7 Å². The molecule has 0 heterocycles. The summed E-state index contributed by atoms with van der Waals surface area (Å²) in [5.74, 6) is -1.36. The number of halogens is 1. The molecule has 0 fully saturated rings. The van der Waals surface area contributed by atoms with Gasteiger partial charge in [-0.3, -0.25) is 9.59 Å². The number of carbonyl (C=O) groups excluding carboxylic acids is 2. The molecule has 0 bridgehead atoms. The second-order valence-corrected chi connectivity index (χ2v) is 6.47. The van der Waals surface area contributed by atoms with E-state index in [9.17, 15) is 9.59 Å². The van der Waals surface area contributed by atoms with Crippen molar-refractivity contribution in [2.45, 2.75) is 12.6 Å². The molecule has 27 heavy (non-hydrogen) atoms. The van der Waals surface area contributed by atoms with Gasteiger partial charge >= 0.3 is 11.8 Å². The van der Waals surface area contributed by atoms with Crippen LogP contribution in [0.4, 0.5) is 0 Å². The average molecular weight is 379 g/mol. The summed E-state index contributed by atoms with van der Waals surface area (Å²) in [5.41, 5.74) is 2.67. The van der Waals surface area contributed by atoms with E-state index in [2.05, 4.69) is 10.6 Å². The van der Waals surface area contributed by atoms with Gasteiger partial charge in [0.25, 0.3) is 0 Å². The largest absolute Gasteiger partial charge is 0.344 e. The fourth-order valence-electron chi connectivity index (χ4n) is 2.71. The molecule has 5 heteroatoms. The molecular formula is C22H19ClN2O2. The molecule has 3 rings (SSSR count). The first kappa shape index (κ1) is 18.7. The van der Waals surface area contributed by atoms with Crippen molar-refractivity contribution < 1.29 is 9.59 Å². The predicted octanol–water partition coefficient (Wildman–Crippen LogP) is 3.86. The van der Waals surface area contributed by atoms with E-state index in [1.165, 1.54) is 0 Å². The van der Waals surface area contributed by atoms with Gasteiger partial charge in [-0.1, -0.05) is 84.4 Å². The van der Waals surface area contributed by atoms with Crippen LogP contribution < -0.4 is 10.6 Å². The van der Waals surface area contributed by atoms with Crippen LogP contribution in [0, 0.1) is 0 Å². The number of hydrogen-bond donors (Lipinski definition) is 2. The van der Waals surface area contributed by atoms with Gasteiger partial charge in [0.2, 0.25) is 0 Å². The SMILES string of the molecule is O=C(NCc1ccc(Cl)cc1)C(=O)NC(c1ccccc1)c1ccccc1. The lowest BCUT2D eigenvalue weighted by atomic mass is 9.99. The van der Waals surface area contributed by atoms with Crippen molar-refractivity contribution in [1.29, 1.82) is 0 Å². The molecule has 3 aromatic carbocycles. The molecule has 0 spiro atoms. The van der Waals surface area contributed by atoms with Crippen molar-refractivity contribution in [3.63, 3.8) is 0 Å². The third kappa shape index (κ3) is 5.19. The minimum absolute atomic E-state index is 0.255. The second kappa shape index (κ2) is 9.01. The summed E-state index contributed by atoms with van der Waals surface area (Å²) in [6.45, 7) is 0.255. The van der Waals surface area contributed by atoms with E-state index in [4.69, 9.17) is 11.6 Å². The molecule has 3 aromatic rings. The average Bonchev–Trinajstić information content (AvgIpc) is 2.72. The zero-order valence-corrected chi connectivity index (χ0v) is 15.3. The summed E-state index contributed by atoms with van der Waals surface area (Å²) in [7, 11) is 0. The minimum Gasteiger partial charge on any atom is -0.344 e. The molecule has 0 aliphatic rings. The summed E-state index contributed by atoms with van der Waals surface area (Å²) in [6.07, 6.45) is 0. The highest BCUT2D eigenvalue weighted by Gasteiger charge is 2.21. The van der Waals surface area contributed by atoms with Crippen LogP contribution in [0.5, 0.6) is 0 Å². The Labute approximate surface area is 163 Å². The minimum atomic E-state index is -0.679. The number of amides is 2. The molecule has 0 saturated carbocycles. The summed E-state index contributed by atoms with van der Waals surface area (Å²) in [5, 5.41) is 6.08. The van der Waals surface area contributed by atoms with Crippen LogP contribution in [-0.2, 0) is 16.1 Å². The van der Waals surface area contributed by atoms with Crippen LogP contribution in [-0.4, -0.2) is 11.8 Å². The van der Waals surface area contributed by atoms with E-state index in [-0.39, 0.29) is 6.54 Å². The van der Waals surface area contributed by atoms with Gasteiger partial charge in [0.1, 0.15) is 0 Å². The van der Waals surface area contributed by atoms with Crippen LogP contribution >= 0.6 is 11.6 Å². The Morgan fingerprint density at radius 1 is 0.741 bits per heavy atom. The maximum Gasteiger partial charge on any atom is 0.310 e. The predicted molar refractivity (Wildman–Crippen MR) is 106 cm³/mol. The highest BCUT2D eigenvalue weighted by molar-refractivity contribution is 6.35. The summed E-state index contributed by atoms with van der Waals surface area (Å²) in [6, 6.07) is 25.8. The maximum absolute atomic E-state index is 12.4. The third-order valence-corrected chi connectivity index (χ3v) is 4.37. The molecule has 0 aliphatic carbocycles. The summed E-state index contributed by atoms with van der Waals surface area (Å²) < 4.78 is 0. The topological polar surface area (TPSA) is 58.2 Å². The molecule has 0 unspecified atom stereocenters. The van der Waals surface area contributed by atoms with Gasteiger partial charge in [0.05, 0.1) is 6.04 Å². The van der Waals surface area contributed by atoms with E-state index >= 15 is 0 Å². The maximum atomic E-state index is 12.4. The van der Waals surface area contributed by atoms with E-state index < -0.39 is 17.9 Å². The standard InChI is InChI=1S/C22H19ClN2O2/c23-19-13-11-16(12-14-19)15-24-21(26)22(27)25-20(17-7-3-1-4-8-17)18-9-5-2-6-10-18/h1-14,20H,15H2,(H,24,26)(H,25,27). The van der Waals surface area contributed by atoms with Crippen LogP contribution in [0.2, 0.25) is 5.02 Å². The molecule has 0 aromatic heterocycles. The van der Waals surface area contributed by atoms with E-state index in [1.54, 1.807) is 24.3 Å². The number of benzene rings is 3. The summed E-state index contributed by atoms with van der Waals surface area (Å²) >= 11 is 5.85. The van der Waals surface area contributed by atoms with E-state index in [0.717, 1.165) is 16.7 Å². The Hall–Kier alpha value is -3.11. The van der Waals surface area contributed by atoms with Crippen molar-refractivity contribution >= 4 is 23.4 Å². The van der Waals surface area contributed by atoms with Crippen LogP contribution in [0.15, 0.2) is 84.9 Å². The lowest BCUT2D eigenvalue weighted by Crippen LogP contribution is -2.41. The molecule has 2 N–H and O–H groups in total. The molecule has 2 amide bonds. The first-order valence-corrected chi connectivity index (χ1v) is 8.94. The van der Waals surface area contributed by atoms with Crippen molar-refractivity contribution in [2.24, 2.45) is 0 Å². The van der Waals surface area contributed by atoms with E-state index in [0.29, 0.717) is 5.02 Å². The Morgan fingerprint density at radius 2 is 1.26 bits per heavy atom. The highest BCUT2D eigenvalue weighted by Crippen LogP contribution is 2.21. The molecule has 0 saturated heterocycles. The first-order chi connectivity index (χ1) is 13.1. The molecule has 0 radical (unpaired) electrons. The van der Waals surface area contributed by atoms with Gasteiger partial charge in [-0.15, -0.1) is 0 Å². The second-order valence-electron chi connectivity index (χ2n) is 6.04. The Balaban J connectivity index is 1.68. The quantitative estimate of drug-likeness (QED) is 0.662. The Kier molecular flexibility index (Phi) is 6.23. The van der Waals surface area contributed by atoms with Crippen molar-refractivity contribution in [1.82, 2.24) is 10.6 Å². The van der Waals surface area contributed by atoms with Crippen LogP contribution in [0.1, 0.15) is 22.7 Å². The highest BCUT2D eigenvalue weighted by atomic mass is 35.5. The van der Waals surface area contributed by atoms with Crippen molar-refractivity contribution in [2.75, 3.05) is 0 Å². The summed E-state index contributed by atoms with van der Waals surface area (Å²) in [4.78, 5) is 24.7. The lowest BCUT2D eigenvalue weighted by Gasteiger charge is -2.19. The normalized spacial score (nSPS) is 10.4. The zero-order valence-electron chi connectivity index (χ0n) is 14.6. The van der Waals surface area contributed by atoms with Crippen molar-refractivity contribution in [3.05, 3.63) is 107 Å². The molecule has 136 valence electrons.